The van der Waals surface area contributed by atoms with Gasteiger partial charge in [0, 0.05) is 43.8 Å². The Morgan fingerprint density at radius 1 is 1.53 bits per heavy atom. The summed E-state index contributed by atoms with van der Waals surface area (Å²) >= 11 is 1.63. The van der Waals surface area contributed by atoms with Gasteiger partial charge in [-0.1, -0.05) is 0 Å². The number of hydrogen-bond donors (Lipinski definition) is 2. The van der Waals surface area contributed by atoms with Crippen molar-refractivity contribution in [3.8, 4) is 0 Å². The number of aliphatic hydroxyl groups excluding tert-OH is 1. The highest BCUT2D eigenvalue weighted by Crippen LogP contribution is 2.04. The molecule has 0 saturated carbocycles. The van der Waals surface area contributed by atoms with Gasteiger partial charge in [0.25, 0.3) is 0 Å². The van der Waals surface area contributed by atoms with Crippen LogP contribution < -0.4 is 5.32 Å². The Kier molecular flexibility index (Phi) is 5.34. The van der Waals surface area contributed by atoms with Crippen LogP contribution in [0.2, 0.25) is 0 Å². The van der Waals surface area contributed by atoms with Crippen LogP contribution in [-0.4, -0.2) is 60.5 Å². The van der Waals surface area contributed by atoms with Crippen LogP contribution in [0.5, 0.6) is 0 Å². The normalized spacial score (nSPS) is 19.4. The van der Waals surface area contributed by atoms with Gasteiger partial charge in [-0.25, -0.2) is 0 Å². The van der Waals surface area contributed by atoms with E-state index in [4.69, 9.17) is 4.74 Å². The molecule has 0 radical (unpaired) electrons. The van der Waals surface area contributed by atoms with E-state index in [1.807, 2.05) is 11.7 Å². The first-order valence-corrected chi connectivity index (χ1v) is 6.79. The number of morpholine rings is 1. The molecule has 17 heavy (non-hydrogen) atoms. The maximum Gasteiger partial charge on any atom is 0.0794 e. The van der Waals surface area contributed by atoms with Crippen molar-refractivity contribution in [1.29, 1.82) is 0 Å². The van der Waals surface area contributed by atoms with Crippen LogP contribution in [-0.2, 0) is 11.3 Å². The largest absolute Gasteiger partial charge is 0.390 e. The van der Waals surface area contributed by atoms with Crippen molar-refractivity contribution in [3.05, 3.63) is 16.6 Å². The zero-order chi connectivity index (χ0) is 11.9. The summed E-state index contributed by atoms with van der Waals surface area (Å²) in [5, 5.41) is 13.1. The molecule has 0 aliphatic carbocycles. The molecule has 0 aromatic carbocycles. The van der Waals surface area contributed by atoms with Crippen molar-refractivity contribution in [1.82, 2.24) is 15.2 Å². The number of ether oxygens (including phenoxy) is 1. The van der Waals surface area contributed by atoms with Crippen LogP contribution in [0.4, 0.5) is 0 Å². The lowest BCUT2D eigenvalue weighted by Gasteiger charge is -2.28. The molecule has 2 rings (SSSR count). The van der Waals surface area contributed by atoms with Gasteiger partial charge < -0.3 is 15.2 Å². The zero-order valence-corrected chi connectivity index (χ0v) is 10.7. The lowest BCUT2D eigenvalue weighted by Crippen LogP contribution is -2.43. The van der Waals surface area contributed by atoms with Crippen molar-refractivity contribution in [2.75, 3.05) is 39.4 Å². The summed E-state index contributed by atoms with van der Waals surface area (Å²) in [7, 11) is 0. The first-order chi connectivity index (χ1) is 8.34. The van der Waals surface area contributed by atoms with Gasteiger partial charge in [0.1, 0.15) is 0 Å². The molecule has 6 heteroatoms. The predicted octanol–water partition coefficient (Wildman–Crippen LogP) is -0.0742. The number of nitrogens with zero attached hydrogens (tertiary/aromatic N) is 2. The van der Waals surface area contributed by atoms with Crippen LogP contribution in [0.3, 0.4) is 0 Å². The lowest BCUT2D eigenvalue weighted by atomic mass is 10.3. The highest BCUT2D eigenvalue weighted by Gasteiger charge is 2.14. The SMILES string of the molecule is OC(CNCc1cncs1)CN1CCOCC1. The molecule has 1 aliphatic rings. The third kappa shape index (κ3) is 4.69. The average Bonchev–Trinajstić information content (AvgIpc) is 2.83. The molecule has 5 nitrogen and oxygen atoms in total. The smallest absolute Gasteiger partial charge is 0.0794 e. The number of thiazole rings is 1. The molecule has 1 atom stereocenters. The van der Waals surface area contributed by atoms with E-state index in [1.54, 1.807) is 11.3 Å². The Labute approximate surface area is 105 Å². The molecule has 1 fully saturated rings. The summed E-state index contributed by atoms with van der Waals surface area (Å²) in [5.41, 5.74) is 1.82. The van der Waals surface area contributed by atoms with Gasteiger partial charge in [-0.15, -0.1) is 11.3 Å². The fraction of sp³-hybridized carbons (Fsp3) is 0.727. The number of aromatic nitrogens is 1. The van der Waals surface area contributed by atoms with E-state index >= 15 is 0 Å². The highest BCUT2D eigenvalue weighted by atomic mass is 32.1. The van der Waals surface area contributed by atoms with Gasteiger partial charge >= 0.3 is 0 Å². The van der Waals surface area contributed by atoms with Crippen molar-refractivity contribution in [3.63, 3.8) is 0 Å². The Bertz CT molecular complexity index is 302. The monoisotopic (exact) mass is 257 g/mol. The first-order valence-electron chi connectivity index (χ1n) is 5.91. The van der Waals surface area contributed by atoms with Gasteiger partial charge in [0.2, 0.25) is 0 Å². The molecular weight excluding hydrogens is 238 g/mol. The van der Waals surface area contributed by atoms with Crippen LogP contribution in [0.1, 0.15) is 4.88 Å². The zero-order valence-electron chi connectivity index (χ0n) is 9.84. The second kappa shape index (κ2) is 7.03. The predicted molar refractivity (Wildman–Crippen MR) is 67.1 cm³/mol. The third-order valence-corrected chi connectivity index (χ3v) is 3.51. The number of nitrogens with one attached hydrogen (secondary N) is 1. The maximum absolute atomic E-state index is 9.87. The Hall–Kier alpha value is -0.530. The number of aliphatic hydroxyl groups is 1. The van der Waals surface area contributed by atoms with E-state index in [1.165, 1.54) is 4.88 Å². The van der Waals surface area contributed by atoms with Crippen molar-refractivity contribution < 1.29 is 9.84 Å². The van der Waals surface area contributed by atoms with Crippen molar-refractivity contribution in [2.24, 2.45) is 0 Å². The molecule has 1 aliphatic heterocycles. The second-order valence-electron chi connectivity index (χ2n) is 4.17. The van der Waals surface area contributed by atoms with Gasteiger partial charge in [-0.3, -0.25) is 9.88 Å². The van der Waals surface area contributed by atoms with Crippen LogP contribution in [0.25, 0.3) is 0 Å². The molecule has 1 unspecified atom stereocenters. The first kappa shape index (κ1) is 12.9. The third-order valence-electron chi connectivity index (χ3n) is 2.74. The Morgan fingerprint density at radius 3 is 3.06 bits per heavy atom. The minimum atomic E-state index is -0.318. The minimum Gasteiger partial charge on any atom is -0.390 e. The van der Waals surface area contributed by atoms with Crippen LogP contribution in [0.15, 0.2) is 11.7 Å². The fourth-order valence-electron chi connectivity index (χ4n) is 1.84. The van der Waals surface area contributed by atoms with E-state index in [9.17, 15) is 5.11 Å². The van der Waals surface area contributed by atoms with Crippen molar-refractivity contribution in [2.45, 2.75) is 12.6 Å². The minimum absolute atomic E-state index is 0.318. The summed E-state index contributed by atoms with van der Waals surface area (Å²) in [6.45, 7) is 5.53. The summed E-state index contributed by atoms with van der Waals surface area (Å²) in [6, 6.07) is 0. The van der Waals surface area contributed by atoms with E-state index < -0.39 is 0 Å². The molecular formula is C11H19N3O2S. The van der Waals surface area contributed by atoms with Crippen molar-refractivity contribution >= 4 is 11.3 Å². The Balaban J connectivity index is 1.58. The molecule has 0 amide bonds. The molecule has 1 aromatic rings. The van der Waals surface area contributed by atoms with Crippen LogP contribution >= 0.6 is 11.3 Å². The highest BCUT2D eigenvalue weighted by molar-refractivity contribution is 7.09. The van der Waals surface area contributed by atoms with E-state index in [-0.39, 0.29) is 6.10 Å². The van der Waals surface area contributed by atoms with E-state index in [0.717, 1.165) is 39.4 Å². The number of rotatable bonds is 6. The number of β-amino-alcohol motifs (C(OH)–C–C–N with tert-alkyl or cyclic N) is 1. The number of hydrogen-bond acceptors (Lipinski definition) is 6. The van der Waals surface area contributed by atoms with Crippen LogP contribution in [0, 0.1) is 0 Å². The van der Waals surface area contributed by atoms with Gasteiger partial charge in [-0.2, -0.15) is 0 Å². The summed E-state index contributed by atoms with van der Waals surface area (Å²) in [5.74, 6) is 0. The fourth-order valence-corrected chi connectivity index (χ4v) is 2.40. The lowest BCUT2D eigenvalue weighted by molar-refractivity contribution is 0.0149. The molecule has 2 N–H and O–H groups in total. The standard InChI is InChI=1S/C11H19N3O2S/c15-10(8-14-1-3-16-4-2-14)5-12-6-11-7-13-9-17-11/h7,9-10,12,15H,1-6,8H2. The van der Waals surface area contributed by atoms with E-state index in [0.29, 0.717) is 6.54 Å². The topological polar surface area (TPSA) is 57.6 Å². The second-order valence-corrected chi connectivity index (χ2v) is 5.14. The summed E-state index contributed by atoms with van der Waals surface area (Å²) in [4.78, 5) is 7.44. The summed E-state index contributed by atoms with van der Waals surface area (Å²) < 4.78 is 5.27. The molecule has 96 valence electrons. The van der Waals surface area contributed by atoms with E-state index in [2.05, 4.69) is 15.2 Å². The molecule has 0 bridgehead atoms. The van der Waals surface area contributed by atoms with Gasteiger partial charge in [-0.05, 0) is 0 Å². The maximum atomic E-state index is 9.87. The van der Waals surface area contributed by atoms with Gasteiger partial charge in [0.15, 0.2) is 0 Å². The molecule has 0 spiro atoms. The molecule has 1 saturated heterocycles. The Morgan fingerprint density at radius 2 is 2.35 bits per heavy atom. The molecule has 2 heterocycles. The molecule has 1 aromatic heterocycles. The summed E-state index contributed by atoms with van der Waals surface area (Å²) in [6.07, 6.45) is 1.53. The average molecular weight is 257 g/mol. The quantitative estimate of drug-likeness (QED) is 0.747. The van der Waals surface area contributed by atoms with Gasteiger partial charge in [0.05, 0.1) is 24.8 Å².